The lowest BCUT2D eigenvalue weighted by Gasteiger charge is -2.13. The first kappa shape index (κ1) is 16.7. The minimum atomic E-state index is -0.205. The lowest BCUT2D eigenvalue weighted by Crippen LogP contribution is -2.27. The average Bonchev–Trinajstić information content (AvgIpc) is 3.11. The smallest absolute Gasteiger partial charge is 0.287 e. The van der Waals surface area contributed by atoms with Crippen molar-refractivity contribution in [2.75, 3.05) is 14.1 Å². The highest BCUT2D eigenvalue weighted by molar-refractivity contribution is 7.09. The van der Waals surface area contributed by atoms with Crippen molar-refractivity contribution in [3.63, 3.8) is 0 Å². The van der Waals surface area contributed by atoms with Gasteiger partial charge in [0.1, 0.15) is 10.6 Å². The van der Waals surface area contributed by atoms with Gasteiger partial charge < -0.3 is 14.6 Å². The van der Waals surface area contributed by atoms with Crippen LogP contribution in [0.25, 0.3) is 11.0 Å². The molecule has 0 spiro atoms. The van der Waals surface area contributed by atoms with E-state index >= 15 is 0 Å². The van der Waals surface area contributed by atoms with Crippen LogP contribution in [0.4, 0.5) is 0 Å². The number of amides is 1. The van der Waals surface area contributed by atoms with Gasteiger partial charge in [-0.1, -0.05) is 18.2 Å². The lowest BCUT2D eigenvalue weighted by atomic mass is 10.1. The van der Waals surface area contributed by atoms with Gasteiger partial charge >= 0.3 is 0 Å². The van der Waals surface area contributed by atoms with Gasteiger partial charge in [-0.05, 0) is 34.0 Å². The molecule has 0 aliphatic carbocycles. The van der Waals surface area contributed by atoms with Crippen LogP contribution >= 0.6 is 11.3 Å². The van der Waals surface area contributed by atoms with Crippen LogP contribution in [-0.4, -0.2) is 29.9 Å². The molecular formula is C18H21N3O2S. The van der Waals surface area contributed by atoms with Crippen molar-refractivity contribution < 1.29 is 9.21 Å². The molecular weight excluding hydrogens is 322 g/mol. The third-order valence-electron chi connectivity index (χ3n) is 3.73. The molecule has 24 heavy (non-hydrogen) atoms. The van der Waals surface area contributed by atoms with Crippen LogP contribution in [0.1, 0.15) is 39.8 Å². The molecule has 0 saturated heterocycles. The molecule has 5 nitrogen and oxygen atoms in total. The number of rotatable bonds is 5. The first-order chi connectivity index (χ1) is 11.5. The van der Waals surface area contributed by atoms with Gasteiger partial charge in [-0.2, -0.15) is 0 Å². The summed E-state index contributed by atoms with van der Waals surface area (Å²) in [6.45, 7) is 4.53. The minimum Gasteiger partial charge on any atom is -0.451 e. The number of nitrogens with zero attached hydrogens (tertiary/aromatic N) is 2. The van der Waals surface area contributed by atoms with Crippen LogP contribution in [0.2, 0.25) is 0 Å². The Morgan fingerprint density at radius 3 is 2.79 bits per heavy atom. The van der Waals surface area contributed by atoms with Crippen LogP contribution in [0.15, 0.2) is 34.1 Å². The summed E-state index contributed by atoms with van der Waals surface area (Å²) in [5.41, 5.74) is 2.61. The molecule has 1 atom stereocenters. The number of aryl methyl sites for hydroxylation is 1. The summed E-state index contributed by atoms with van der Waals surface area (Å²) >= 11 is 1.55. The van der Waals surface area contributed by atoms with Crippen molar-refractivity contribution >= 4 is 28.2 Å². The van der Waals surface area contributed by atoms with Crippen LogP contribution in [0.3, 0.4) is 0 Å². The Kier molecular flexibility index (Phi) is 4.69. The summed E-state index contributed by atoms with van der Waals surface area (Å²) in [5.74, 6) is 0.174. The van der Waals surface area contributed by atoms with Gasteiger partial charge in [0.15, 0.2) is 5.76 Å². The number of hydrogen-bond acceptors (Lipinski definition) is 5. The molecule has 0 aliphatic heterocycles. The molecule has 1 N–H and O–H groups in total. The van der Waals surface area contributed by atoms with Crippen LogP contribution < -0.4 is 5.32 Å². The molecule has 0 saturated carbocycles. The standard InChI is InChI=1S/C18H21N3O2S/c1-11-10-24-18(19-11)12(2)20-17(22)16-14(9-21(3)4)13-7-5-6-8-15(13)23-16/h5-8,10,12H,9H2,1-4H3,(H,20,22)/t12-/m0/s1. The SMILES string of the molecule is Cc1csc([C@H](C)NC(=O)c2oc3ccccc3c2CN(C)C)n1. The third-order valence-corrected chi connectivity index (χ3v) is 4.88. The van der Waals surface area contributed by atoms with Crippen molar-refractivity contribution in [2.45, 2.75) is 26.4 Å². The van der Waals surface area contributed by atoms with E-state index in [1.54, 1.807) is 11.3 Å². The third kappa shape index (κ3) is 3.34. The van der Waals surface area contributed by atoms with Crippen molar-refractivity contribution in [3.8, 4) is 0 Å². The largest absolute Gasteiger partial charge is 0.451 e. The molecule has 2 aromatic heterocycles. The zero-order chi connectivity index (χ0) is 17.3. The molecule has 1 amide bonds. The van der Waals surface area contributed by atoms with E-state index in [2.05, 4.69) is 10.3 Å². The zero-order valence-electron chi connectivity index (χ0n) is 14.3. The second kappa shape index (κ2) is 6.75. The van der Waals surface area contributed by atoms with Gasteiger partial charge in [0.05, 0.1) is 6.04 Å². The van der Waals surface area contributed by atoms with E-state index in [9.17, 15) is 4.79 Å². The fourth-order valence-electron chi connectivity index (χ4n) is 2.65. The second-order valence-corrected chi connectivity index (χ2v) is 7.06. The summed E-state index contributed by atoms with van der Waals surface area (Å²) in [5, 5.41) is 6.86. The quantitative estimate of drug-likeness (QED) is 0.766. The molecule has 126 valence electrons. The van der Waals surface area contributed by atoms with E-state index < -0.39 is 0 Å². The van der Waals surface area contributed by atoms with E-state index in [0.717, 1.165) is 27.2 Å². The van der Waals surface area contributed by atoms with Gasteiger partial charge in [0.2, 0.25) is 0 Å². The number of carbonyl (C=O) groups is 1. The van der Waals surface area contributed by atoms with Gasteiger partial charge in [-0.15, -0.1) is 11.3 Å². The highest BCUT2D eigenvalue weighted by Gasteiger charge is 2.23. The van der Waals surface area contributed by atoms with E-state index in [1.807, 2.05) is 62.5 Å². The van der Waals surface area contributed by atoms with Gasteiger partial charge in [0.25, 0.3) is 5.91 Å². The number of nitrogens with one attached hydrogen (secondary N) is 1. The Balaban J connectivity index is 1.91. The van der Waals surface area contributed by atoms with Crippen molar-refractivity contribution in [3.05, 3.63) is 51.7 Å². The lowest BCUT2D eigenvalue weighted by molar-refractivity contribution is 0.0911. The van der Waals surface area contributed by atoms with Crippen molar-refractivity contribution in [2.24, 2.45) is 0 Å². The molecule has 3 rings (SSSR count). The highest BCUT2D eigenvalue weighted by Crippen LogP contribution is 2.27. The van der Waals surface area contributed by atoms with Gasteiger partial charge in [-0.3, -0.25) is 4.79 Å². The number of aromatic nitrogens is 1. The molecule has 3 aromatic rings. The summed E-state index contributed by atoms with van der Waals surface area (Å²) < 4.78 is 5.85. The number of hydrogen-bond donors (Lipinski definition) is 1. The molecule has 0 fully saturated rings. The Hall–Kier alpha value is -2.18. The Labute approximate surface area is 145 Å². The Morgan fingerprint density at radius 1 is 1.38 bits per heavy atom. The molecule has 0 bridgehead atoms. The zero-order valence-corrected chi connectivity index (χ0v) is 15.1. The average molecular weight is 343 g/mol. The highest BCUT2D eigenvalue weighted by atomic mass is 32.1. The number of carbonyl (C=O) groups excluding carboxylic acids is 1. The first-order valence-corrected chi connectivity index (χ1v) is 8.71. The Morgan fingerprint density at radius 2 is 2.12 bits per heavy atom. The van der Waals surface area contributed by atoms with E-state index in [4.69, 9.17) is 4.42 Å². The fraction of sp³-hybridized carbons (Fsp3) is 0.333. The van der Waals surface area contributed by atoms with Crippen molar-refractivity contribution in [1.82, 2.24) is 15.2 Å². The normalized spacial score (nSPS) is 12.7. The number of para-hydroxylation sites is 1. The Bertz CT molecular complexity index is 866. The first-order valence-electron chi connectivity index (χ1n) is 7.83. The van der Waals surface area contributed by atoms with Gasteiger partial charge in [-0.25, -0.2) is 4.98 Å². The van der Waals surface area contributed by atoms with Crippen LogP contribution in [0.5, 0.6) is 0 Å². The van der Waals surface area contributed by atoms with E-state index in [0.29, 0.717) is 12.3 Å². The summed E-state index contributed by atoms with van der Waals surface area (Å²) in [6, 6.07) is 7.59. The van der Waals surface area contributed by atoms with E-state index in [-0.39, 0.29) is 11.9 Å². The fourth-order valence-corrected chi connectivity index (χ4v) is 3.45. The molecule has 0 aliphatic rings. The topological polar surface area (TPSA) is 58.4 Å². The molecule has 2 heterocycles. The van der Waals surface area contributed by atoms with Crippen LogP contribution in [0, 0.1) is 6.92 Å². The summed E-state index contributed by atoms with van der Waals surface area (Å²) in [6.07, 6.45) is 0. The molecule has 6 heteroatoms. The minimum absolute atomic E-state index is 0.156. The number of benzene rings is 1. The monoisotopic (exact) mass is 343 g/mol. The molecule has 0 unspecified atom stereocenters. The molecule has 0 radical (unpaired) electrons. The maximum absolute atomic E-state index is 12.8. The summed E-state index contributed by atoms with van der Waals surface area (Å²) in [7, 11) is 3.95. The number of furan rings is 1. The number of fused-ring (bicyclic) bond motifs is 1. The predicted octanol–water partition coefficient (Wildman–Crippen LogP) is 3.75. The van der Waals surface area contributed by atoms with Gasteiger partial charge in [0, 0.05) is 28.6 Å². The predicted molar refractivity (Wildman–Crippen MR) is 96.3 cm³/mol. The second-order valence-electron chi connectivity index (χ2n) is 6.17. The number of thiazole rings is 1. The van der Waals surface area contributed by atoms with E-state index in [1.165, 1.54) is 0 Å². The maximum atomic E-state index is 12.8. The molecule has 1 aromatic carbocycles. The maximum Gasteiger partial charge on any atom is 0.287 e. The summed E-state index contributed by atoms with van der Waals surface area (Å²) in [4.78, 5) is 19.2. The van der Waals surface area contributed by atoms with Crippen LogP contribution in [-0.2, 0) is 6.54 Å². The van der Waals surface area contributed by atoms with Crippen molar-refractivity contribution in [1.29, 1.82) is 0 Å².